The largest absolute Gasteiger partial charge is 0.480 e. The summed E-state index contributed by atoms with van der Waals surface area (Å²) < 4.78 is 0. The zero-order valence-corrected chi connectivity index (χ0v) is 15.5. The van der Waals surface area contributed by atoms with E-state index in [-0.39, 0.29) is 31.2 Å². The molecule has 26 heavy (non-hydrogen) atoms. The first-order chi connectivity index (χ1) is 12.4. The van der Waals surface area contributed by atoms with Crippen LogP contribution in [-0.4, -0.2) is 76.9 Å². The summed E-state index contributed by atoms with van der Waals surface area (Å²) in [6.07, 6.45) is 1.40. The molecule has 1 aliphatic carbocycles. The summed E-state index contributed by atoms with van der Waals surface area (Å²) in [5.41, 5.74) is 1.04. The van der Waals surface area contributed by atoms with Crippen LogP contribution < -0.4 is 5.32 Å². The van der Waals surface area contributed by atoms with Gasteiger partial charge in [-0.05, 0) is 24.9 Å². The normalized spacial score (nSPS) is 20.3. The Morgan fingerprint density at radius 3 is 2.50 bits per heavy atom. The molecule has 0 spiro atoms. The highest BCUT2D eigenvalue weighted by Gasteiger charge is 2.35. The van der Waals surface area contributed by atoms with Crippen LogP contribution in [0.3, 0.4) is 0 Å². The highest BCUT2D eigenvalue weighted by atomic mass is 16.4. The lowest BCUT2D eigenvalue weighted by Gasteiger charge is -2.42. The summed E-state index contributed by atoms with van der Waals surface area (Å²) in [6.45, 7) is 2.92. The van der Waals surface area contributed by atoms with E-state index in [1.54, 1.807) is 7.05 Å². The fraction of sp³-hybridized carbons (Fsp3) is 0.579. The lowest BCUT2D eigenvalue weighted by molar-refractivity contribution is -0.139. The van der Waals surface area contributed by atoms with Gasteiger partial charge < -0.3 is 20.4 Å². The summed E-state index contributed by atoms with van der Waals surface area (Å²) >= 11 is 0. The SMILES string of the molecule is CCN(CC(=O)O)C1CC(NC(=O)N(C)CC(O)Cc2ccccc2)C1. The molecule has 0 radical (unpaired) electrons. The quantitative estimate of drug-likeness (QED) is 0.612. The van der Waals surface area contributed by atoms with Gasteiger partial charge in [0.25, 0.3) is 0 Å². The molecule has 1 unspecified atom stereocenters. The lowest BCUT2D eigenvalue weighted by atomic mass is 9.85. The number of nitrogens with zero attached hydrogens (tertiary/aromatic N) is 2. The standard InChI is InChI=1S/C19H29N3O4/c1-3-22(13-18(24)25)16-10-15(11-16)20-19(26)21(2)12-17(23)9-14-7-5-4-6-8-14/h4-8,15-17,23H,3,9-13H2,1-2H3,(H,20,26)(H,24,25). The maximum Gasteiger partial charge on any atom is 0.317 e. The third kappa shape index (κ3) is 6.00. The van der Waals surface area contributed by atoms with Crippen molar-refractivity contribution in [3.8, 4) is 0 Å². The van der Waals surface area contributed by atoms with Gasteiger partial charge in [0.15, 0.2) is 0 Å². The fourth-order valence-corrected chi connectivity index (χ4v) is 3.31. The molecule has 2 rings (SSSR count). The number of nitrogens with one attached hydrogen (secondary N) is 1. The van der Waals surface area contributed by atoms with E-state index in [9.17, 15) is 14.7 Å². The van der Waals surface area contributed by atoms with Crippen LogP contribution in [-0.2, 0) is 11.2 Å². The maximum absolute atomic E-state index is 12.3. The zero-order valence-electron chi connectivity index (χ0n) is 15.5. The van der Waals surface area contributed by atoms with Gasteiger partial charge in [-0.3, -0.25) is 9.69 Å². The van der Waals surface area contributed by atoms with Crippen LogP contribution in [0.5, 0.6) is 0 Å². The number of carboxylic acid groups (broad SMARTS) is 1. The second-order valence-electron chi connectivity index (χ2n) is 6.95. The van der Waals surface area contributed by atoms with Crippen LogP contribution in [0, 0.1) is 0 Å². The summed E-state index contributed by atoms with van der Waals surface area (Å²) in [4.78, 5) is 26.5. The van der Waals surface area contributed by atoms with E-state index in [0.717, 1.165) is 18.4 Å². The van der Waals surface area contributed by atoms with E-state index < -0.39 is 12.1 Å². The first kappa shape index (κ1) is 20.2. The average molecular weight is 363 g/mol. The van der Waals surface area contributed by atoms with Crippen molar-refractivity contribution >= 4 is 12.0 Å². The molecule has 0 aliphatic heterocycles. The van der Waals surface area contributed by atoms with Gasteiger partial charge in [-0.1, -0.05) is 37.3 Å². The van der Waals surface area contributed by atoms with Gasteiger partial charge in [0.2, 0.25) is 0 Å². The molecule has 1 atom stereocenters. The molecule has 144 valence electrons. The van der Waals surface area contributed by atoms with Gasteiger partial charge in [-0.15, -0.1) is 0 Å². The van der Waals surface area contributed by atoms with Crippen LogP contribution in [0.15, 0.2) is 30.3 Å². The topological polar surface area (TPSA) is 93.1 Å². The van der Waals surface area contributed by atoms with Crippen molar-refractivity contribution in [2.75, 3.05) is 26.7 Å². The van der Waals surface area contributed by atoms with Crippen molar-refractivity contribution in [1.29, 1.82) is 0 Å². The number of hydrogen-bond donors (Lipinski definition) is 3. The second-order valence-corrected chi connectivity index (χ2v) is 6.95. The van der Waals surface area contributed by atoms with Crippen molar-refractivity contribution < 1.29 is 19.8 Å². The smallest absolute Gasteiger partial charge is 0.317 e. The first-order valence-electron chi connectivity index (χ1n) is 9.08. The number of likely N-dealkylation sites (N-methyl/N-ethyl adjacent to an activating group) is 2. The van der Waals surface area contributed by atoms with E-state index in [4.69, 9.17) is 5.11 Å². The number of aliphatic hydroxyl groups is 1. The Bertz CT molecular complexity index is 590. The Hall–Kier alpha value is -2.12. The number of carbonyl (C=O) groups is 2. The number of aliphatic hydroxyl groups excluding tert-OH is 1. The third-order valence-corrected chi connectivity index (χ3v) is 4.85. The molecule has 1 aromatic carbocycles. The van der Waals surface area contributed by atoms with Crippen LogP contribution in [0.25, 0.3) is 0 Å². The van der Waals surface area contributed by atoms with E-state index in [0.29, 0.717) is 13.0 Å². The van der Waals surface area contributed by atoms with Crippen LogP contribution in [0.1, 0.15) is 25.3 Å². The van der Waals surface area contributed by atoms with Crippen molar-refractivity contribution in [2.24, 2.45) is 0 Å². The molecule has 7 nitrogen and oxygen atoms in total. The number of amides is 2. The predicted molar refractivity (Wildman–Crippen MR) is 99.0 cm³/mol. The van der Waals surface area contributed by atoms with Gasteiger partial charge in [-0.2, -0.15) is 0 Å². The second kappa shape index (κ2) is 9.54. The Morgan fingerprint density at radius 2 is 1.92 bits per heavy atom. The highest BCUT2D eigenvalue weighted by molar-refractivity contribution is 5.74. The molecule has 2 amide bonds. The van der Waals surface area contributed by atoms with Gasteiger partial charge >= 0.3 is 12.0 Å². The Balaban J connectivity index is 1.70. The number of benzene rings is 1. The zero-order chi connectivity index (χ0) is 19.1. The molecule has 1 fully saturated rings. The molecule has 0 heterocycles. The summed E-state index contributed by atoms with van der Waals surface area (Å²) in [5, 5.41) is 22.0. The maximum atomic E-state index is 12.3. The van der Waals surface area contributed by atoms with Crippen molar-refractivity contribution in [3.05, 3.63) is 35.9 Å². The van der Waals surface area contributed by atoms with Crippen molar-refractivity contribution in [1.82, 2.24) is 15.1 Å². The molecular formula is C19H29N3O4. The van der Waals surface area contributed by atoms with Crippen LogP contribution in [0.2, 0.25) is 0 Å². The number of aliphatic carboxylic acids is 1. The molecule has 1 aromatic rings. The Morgan fingerprint density at radius 1 is 1.27 bits per heavy atom. The molecule has 0 bridgehead atoms. The minimum absolute atomic E-state index is 0.0351. The lowest BCUT2D eigenvalue weighted by Crippen LogP contribution is -2.56. The van der Waals surface area contributed by atoms with E-state index in [1.165, 1.54) is 4.90 Å². The monoisotopic (exact) mass is 363 g/mol. The summed E-state index contributed by atoms with van der Waals surface area (Å²) in [6, 6.07) is 9.74. The van der Waals surface area contributed by atoms with E-state index in [1.807, 2.05) is 42.2 Å². The van der Waals surface area contributed by atoms with Crippen LogP contribution >= 0.6 is 0 Å². The van der Waals surface area contributed by atoms with Gasteiger partial charge in [0.1, 0.15) is 0 Å². The molecule has 1 aliphatic rings. The Labute approximate surface area is 154 Å². The minimum Gasteiger partial charge on any atom is -0.480 e. The van der Waals surface area contributed by atoms with Gasteiger partial charge in [0, 0.05) is 32.1 Å². The van der Waals surface area contributed by atoms with Gasteiger partial charge in [0.05, 0.1) is 12.6 Å². The number of carbonyl (C=O) groups excluding carboxylic acids is 1. The Kier molecular flexibility index (Phi) is 7.41. The highest BCUT2D eigenvalue weighted by Crippen LogP contribution is 2.25. The molecule has 7 heteroatoms. The number of rotatable bonds is 9. The molecule has 0 aromatic heterocycles. The predicted octanol–water partition coefficient (Wildman–Crippen LogP) is 1.17. The first-order valence-corrected chi connectivity index (χ1v) is 9.08. The van der Waals surface area contributed by atoms with Crippen LogP contribution in [0.4, 0.5) is 4.79 Å². The minimum atomic E-state index is -0.827. The molecule has 0 saturated heterocycles. The number of hydrogen-bond acceptors (Lipinski definition) is 4. The van der Waals surface area contributed by atoms with E-state index in [2.05, 4.69) is 5.32 Å². The van der Waals surface area contributed by atoms with Crippen molar-refractivity contribution in [3.63, 3.8) is 0 Å². The molecule has 1 saturated carbocycles. The number of urea groups is 1. The van der Waals surface area contributed by atoms with Gasteiger partial charge in [-0.25, -0.2) is 4.79 Å². The van der Waals surface area contributed by atoms with E-state index >= 15 is 0 Å². The molecular weight excluding hydrogens is 334 g/mol. The number of carboxylic acids is 1. The fourth-order valence-electron chi connectivity index (χ4n) is 3.31. The third-order valence-electron chi connectivity index (χ3n) is 4.85. The molecule has 3 N–H and O–H groups in total. The average Bonchev–Trinajstić information content (AvgIpc) is 2.56. The summed E-state index contributed by atoms with van der Waals surface area (Å²) in [5.74, 6) is -0.827. The summed E-state index contributed by atoms with van der Waals surface area (Å²) in [7, 11) is 1.67. The van der Waals surface area contributed by atoms with Crippen molar-refractivity contribution in [2.45, 2.75) is 44.4 Å².